The van der Waals surface area contributed by atoms with Crippen LogP contribution in [0.3, 0.4) is 0 Å². The molecule has 0 aliphatic heterocycles. The Balaban J connectivity index is 2.36. The third kappa shape index (κ3) is 2.88. The number of para-hydroxylation sites is 2. The number of hydrogen-bond acceptors (Lipinski definition) is 4. The number of aromatic nitrogens is 1. The summed E-state index contributed by atoms with van der Waals surface area (Å²) < 4.78 is 18.6. The summed E-state index contributed by atoms with van der Waals surface area (Å²) in [6.45, 7) is 1.56. The summed E-state index contributed by atoms with van der Waals surface area (Å²) in [5.41, 5.74) is 0.422. The Morgan fingerprint density at radius 1 is 1.35 bits per heavy atom. The van der Waals surface area contributed by atoms with E-state index in [4.69, 9.17) is 4.74 Å². The molecule has 0 aliphatic carbocycles. The maximum absolute atomic E-state index is 13.3. The number of ether oxygens (including phenoxy) is 1. The van der Waals surface area contributed by atoms with E-state index in [-0.39, 0.29) is 6.61 Å². The number of aliphatic hydroxyl groups excluding tert-OH is 1. The fourth-order valence-corrected chi connectivity index (χ4v) is 1.96. The van der Waals surface area contributed by atoms with Gasteiger partial charge in [0.2, 0.25) is 0 Å². The molecule has 1 atom stereocenters. The SMILES string of the molecule is COc1ccccc1NC(C)(CO)c1cncc(F)c1. The summed E-state index contributed by atoms with van der Waals surface area (Å²) in [7, 11) is 1.57. The molecule has 1 unspecified atom stereocenters. The molecule has 106 valence electrons. The molecule has 2 N–H and O–H groups in total. The van der Waals surface area contributed by atoms with E-state index in [2.05, 4.69) is 10.3 Å². The fraction of sp³-hybridized carbons (Fsp3) is 0.267. The van der Waals surface area contributed by atoms with Crippen molar-refractivity contribution in [1.82, 2.24) is 4.98 Å². The Morgan fingerprint density at radius 3 is 2.75 bits per heavy atom. The Labute approximate surface area is 117 Å². The van der Waals surface area contributed by atoms with Crippen LogP contribution in [0.1, 0.15) is 12.5 Å². The highest BCUT2D eigenvalue weighted by molar-refractivity contribution is 5.58. The van der Waals surface area contributed by atoms with Crippen LogP contribution in [0.15, 0.2) is 42.7 Å². The van der Waals surface area contributed by atoms with Crippen LogP contribution < -0.4 is 10.1 Å². The van der Waals surface area contributed by atoms with Crippen molar-refractivity contribution in [2.75, 3.05) is 19.0 Å². The number of rotatable bonds is 5. The van der Waals surface area contributed by atoms with E-state index in [0.717, 1.165) is 11.9 Å². The van der Waals surface area contributed by atoms with Gasteiger partial charge in [0.1, 0.15) is 11.6 Å². The number of pyridine rings is 1. The first-order valence-corrected chi connectivity index (χ1v) is 6.22. The second kappa shape index (κ2) is 5.88. The largest absolute Gasteiger partial charge is 0.495 e. The van der Waals surface area contributed by atoms with Crippen molar-refractivity contribution in [2.45, 2.75) is 12.5 Å². The van der Waals surface area contributed by atoms with Gasteiger partial charge in [-0.15, -0.1) is 0 Å². The van der Waals surface area contributed by atoms with Crippen LogP contribution in [0.4, 0.5) is 10.1 Å². The van der Waals surface area contributed by atoms with Gasteiger partial charge in [0.15, 0.2) is 0 Å². The Kier molecular flexibility index (Phi) is 4.20. The number of aliphatic hydroxyl groups is 1. The van der Waals surface area contributed by atoms with Crippen LogP contribution in [0.25, 0.3) is 0 Å². The minimum Gasteiger partial charge on any atom is -0.495 e. The molecular formula is C15H17FN2O2. The monoisotopic (exact) mass is 276 g/mol. The van der Waals surface area contributed by atoms with Crippen molar-refractivity contribution >= 4 is 5.69 Å². The lowest BCUT2D eigenvalue weighted by Gasteiger charge is -2.30. The first kappa shape index (κ1) is 14.3. The predicted octanol–water partition coefficient (Wildman–Crippen LogP) is 2.55. The highest BCUT2D eigenvalue weighted by Gasteiger charge is 2.27. The van der Waals surface area contributed by atoms with Crippen molar-refractivity contribution in [1.29, 1.82) is 0 Å². The molecule has 0 saturated carbocycles. The molecule has 0 spiro atoms. The summed E-state index contributed by atoms with van der Waals surface area (Å²) in [4.78, 5) is 3.83. The lowest BCUT2D eigenvalue weighted by atomic mass is 9.94. The molecule has 0 radical (unpaired) electrons. The quantitative estimate of drug-likeness (QED) is 0.881. The fourth-order valence-electron chi connectivity index (χ4n) is 1.96. The molecule has 1 aromatic carbocycles. The molecule has 1 heterocycles. The molecular weight excluding hydrogens is 259 g/mol. The maximum Gasteiger partial charge on any atom is 0.141 e. The zero-order valence-electron chi connectivity index (χ0n) is 11.4. The standard InChI is InChI=1S/C15H17FN2O2/c1-15(10-19,11-7-12(16)9-17-8-11)18-13-5-3-4-6-14(13)20-2/h3-9,18-19H,10H2,1-2H3. The van der Waals surface area contributed by atoms with Crippen LogP contribution in [0.5, 0.6) is 5.75 Å². The number of nitrogens with one attached hydrogen (secondary N) is 1. The first-order chi connectivity index (χ1) is 9.59. The number of methoxy groups -OCH3 is 1. The van der Waals surface area contributed by atoms with Gasteiger partial charge >= 0.3 is 0 Å². The van der Waals surface area contributed by atoms with Gasteiger partial charge in [-0.25, -0.2) is 4.39 Å². The van der Waals surface area contributed by atoms with Gasteiger partial charge in [-0.05, 0) is 25.1 Å². The van der Waals surface area contributed by atoms with E-state index < -0.39 is 11.4 Å². The van der Waals surface area contributed by atoms with Crippen molar-refractivity contribution in [2.24, 2.45) is 0 Å². The predicted molar refractivity (Wildman–Crippen MR) is 75.2 cm³/mol. The van der Waals surface area contributed by atoms with E-state index in [1.165, 1.54) is 12.3 Å². The van der Waals surface area contributed by atoms with Crippen molar-refractivity contribution < 1.29 is 14.2 Å². The Hall–Kier alpha value is -2.14. The Morgan fingerprint density at radius 2 is 2.10 bits per heavy atom. The Bertz CT molecular complexity index is 592. The van der Waals surface area contributed by atoms with E-state index >= 15 is 0 Å². The number of benzene rings is 1. The van der Waals surface area contributed by atoms with Crippen LogP contribution >= 0.6 is 0 Å². The second-order valence-corrected chi connectivity index (χ2v) is 4.71. The van der Waals surface area contributed by atoms with Crippen molar-refractivity contribution in [3.05, 3.63) is 54.1 Å². The van der Waals surface area contributed by atoms with E-state index in [1.54, 1.807) is 14.0 Å². The molecule has 1 aromatic heterocycles. The molecule has 0 bridgehead atoms. The lowest BCUT2D eigenvalue weighted by Crippen LogP contribution is -2.36. The normalized spacial score (nSPS) is 13.6. The first-order valence-electron chi connectivity index (χ1n) is 6.22. The van der Waals surface area contributed by atoms with Gasteiger partial charge in [-0.1, -0.05) is 12.1 Å². The van der Waals surface area contributed by atoms with E-state index in [9.17, 15) is 9.50 Å². The van der Waals surface area contributed by atoms with Gasteiger partial charge < -0.3 is 15.2 Å². The van der Waals surface area contributed by atoms with Gasteiger partial charge in [0.05, 0.1) is 31.1 Å². The molecule has 2 rings (SSSR count). The summed E-state index contributed by atoms with van der Waals surface area (Å²) in [6, 6.07) is 8.70. The van der Waals surface area contributed by atoms with Crippen LogP contribution in [-0.4, -0.2) is 23.8 Å². The zero-order valence-corrected chi connectivity index (χ0v) is 11.4. The summed E-state index contributed by atoms with van der Waals surface area (Å²) in [5, 5.41) is 12.9. The maximum atomic E-state index is 13.3. The third-order valence-electron chi connectivity index (χ3n) is 3.18. The minimum absolute atomic E-state index is 0.212. The molecule has 0 amide bonds. The number of nitrogens with zero attached hydrogens (tertiary/aromatic N) is 1. The van der Waals surface area contributed by atoms with Gasteiger partial charge in [-0.2, -0.15) is 0 Å². The minimum atomic E-state index is -0.857. The van der Waals surface area contributed by atoms with Crippen molar-refractivity contribution in [3.8, 4) is 5.75 Å². The molecule has 4 nitrogen and oxygen atoms in total. The highest BCUT2D eigenvalue weighted by atomic mass is 19.1. The van der Waals surface area contributed by atoms with Crippen LogP contribution in [-0.2, 0) is 5.54 Å². The average Bonchev–Trinajstić information content (AvgIpc) is 2.47. The van der Waals surface area contributed by atoms with Gasteiger partial charge in [0.25, 0.3) is 0 Å². The molecule has 0 fully saturated rings. The third-order valence-corrected chi connectivity index (χ3v) is 3.18. The number of anilines is 1. The zero-order chi connectivity index (χ0) is 14.6. The molecule has 0 aliphatic rings. The van der Waals surface area contributed by atoms with Crippen molar-refractivity contribution in [3.63, 3.8) is 0 Å². The summed E-state index contributed by atoms with van der Waals surface area (Å²) in [6.07, 6.45) is 2.66. The molecule has 0 saturated heterocycles. The van der Waals surface area contributed by atoms with E-state index in [0.29, 0.717) is 11.3 Å². The molecule has 20 heavy (non-hydrogen) atoms. The number of hydrogen-bond donors (Lipinski definition) is 2. The van der Waals surface area contributed by atoms with Gasteiger partial charge in [0, 0.05) is 11.8 Å². The van der Waals surface area contributed by atoms with E-state index in [1.807, 2.05) is 24.3 Å². The van der Waals surface area contributed by atoms with Crippen LogP contribution in [0, 0.1) is 5.82 Å². The lowest BCUT2D eigenvalue weighted by molar-refractivity contribution is 0.223. The summed E-state index contributed by atoms with van der Waals surface area (Å²) in [5.74, 6) is 0.209. The molecule has 5 heteroatoms. The second-order valence-electron chi connectivity index (χ2n) is 4.71. The average molecular weight is 276 g/mol. The van der Waals surface area contributed by atoms with Crippen LogP contribution in [0.2, 0.25) is 0 Å². The number of halogens is 1. The topological polar surface area (TPSA) is 54.4 Å². The summed E-state index contributed by atoms with van der Waals surface area (Å²) >= 11 is 0. The smallest absolute Gasteiger partial charge is 0.141 e. The van der Waals surface area contributed by atoms with Gasteiger partial charge in [-0.3, -0.25) is 4.98 Å². The molecule has 2 aromatic rings. The highest BCUT2D eigenvalue weighted by Crippen LogP contribution is 2.31.